The predicted molar refractivity (Wildman–Crippen MR) is 93.6 cm³/mol. The second-order valence-corrected chi connectivity index (χ2v) is 7.65. The lowest BCUT2D eigenvalue weighted by molar-refractivity contribution is -0.121. The number of furan rings is 1. The molecule has 1 N–H and O–H groups in total. The van der Waals surface area contributed by atoms with Gasteiger partial charge in [-0.15, -0.1) is 10.2 Å². The number of carbonyl (C=O) groups excluding carboxylic acids is 1. The van der Waals surface area contributed by atoms with Crippen molar-refractivity contribution in [3.63, 3.8) is 0 Å². The minimum Gasteiger partial charge on any atom is -0.461 e. The molecule has 1 amide bonds. The van der Waals surface area contributed by atoms with Crippen LogP contribution in [0.4, 0.5) is 0 Å². The maximum absolute atomic E-state index is 12.6. The molecule has 2 aromatic heterocycles. The van der Waals surface area contributed by atoms with Gasteiger partial charge in [-0.2, -0.15) is 5.26 Å². The fraction of sp³-hybridized carbons (Fsp3) is 0.529. The molecular weight excluding hydrogens is 338 g/mol. The first kappa shape index (κ1) is 17.5. The third kappa shape index (κ3) is 3.71. The Morgan fingerprint density at radius 3 is 2.84 bits per heavy atom. The molecule has 1 aliphatic rings. The largest absolute Gasteiger partial charge is 0.461 e. The monoisotopic (exact) mass is 359 g/mol. The summed E-state index contributed by atoms with van der Waals surface area (Å²) in [4.78, 5) is 12.6. The van der Waals surface area contributed by atoms with Crippen molar-refractivity contribution in [2.75, 3.05) is 0 Å². The van der Waals surface area contributed by atoms with E-state index in [4.69, 9.17) is 4.42 Å². The van der Waals surface area contributed by atoms with Crippen molar-refractivity contribution in [2.45, 2.75) is 55.0 Å². The molecule has 25 heavy (non-hydrogen) atoms. The molecular formula is C17H21N5O2S. The number of rotatable bonds is 5. The van der Waals surface area contributed by atoms with E-state index in [-0.39, 0.29) is 11.2 Å². The highest BCUT2D eigenvalue weighted by molar-refractivity contribution is 8.00. The Hall–Kier alpha value is -2.27. The topological polar surface area (TPSA) is 96.7 Å². The molecule has 0 aliphatic heterocycles. The first-order chi connectivity index (χ1) is 12.0. The second-order valence-electron chi connectivity index (χ2n) is 6.35. The SMILES string of the molecule is C[C@H](Sc1nnc(-c2ccco2)n1C)C(=O)NC1(C#N)CCCCC1. The number of carbonyl (C=O) groups is 1. The maximum Gasteiger partial charge on any atom is 0.234 e. The first-order valence-electron chi connectivity index (χ1n) is 8.38. The number of hydrogen-bond donors (Lipinski definition) is 1. The second kappa shape index (κ2) is 7.31. The Morgan fingerprint density at radius 2 is 2.20 bits per heavy atom. The molecule has 0 spiro atoms. The number of nitrogens with one attached hydrogen (secondary N) is 1. The standard InChI is InChI=1S/C17H21N5O2S/c1-12(15(23)19-17(11-18)8-4-3-5-9-17)25-16-21-20-14(22(16)2)13-7-6-10-24-13/h6-7,10,12H,3-5,8-9H2,1-2H3,(H,19,23)/t12-/m0/s1. The number of hydrogen-bond acceptors (Lipinski definition) is 6. The van der Waals surface area contributed by atoms with Gasteiger partial charge in [-0.05, 0) is 31.9 Å². The minimum absolute atomic E-state index is 0.143. The highest BCUT2D eigenvalue weighted by atomic mass is 32.2. The van der Waals surface area contributed by atoms with Gasteiger partial charge >= 0.3 is 0 Å². The Kier molecular flexibility index (Phi) is 5.13. The van der Waals surface area contributed by atoms with Crippen LogP contribution in [0, 0.1) is 11.3 Å². The smallest absolute Gasteiger partial charge is 0.234 e. The van der Waals surface area contributed by atoms with Crippen molar-refractivity contribution < 1.29 is 9.21 Å². The number of thioether (sulfide) groups is 1. The van der Waals surface area contributed by atoms with E-state index in [0.29, 0.717) is 16.7 Å². The summed E-state index contributed by atoms with van der Waals surface area (Å²) in [5, 5.41) is 21.0. The van der Waals surface area contributed by atoms with E-state index < -0.39 is 5.54 Å². The van der Waals surface area contributed by atoms with Crippen LogP contribution in [-0.2, 0) is 11.8 Å². The van der Waals surface area contributed by atoms with Gasteiger partial charge in [0.2, 0.25) is 5.91 Å². The predicted octanol–water partition coefficient (Wildman–Crippen LogP) is 2.90. The van der Waals surface area contributed by atoms with Gasteiger partial charge in [0.15, 0.2) is 16.7 Å². The zero-order valence-electron chi connectivity index (χ0n) is 14.4. The average Bonchev–Trinajstić information content (AvgIpc) is 3.26. The third-order valence-corrected chi connectivity index (χ3v) is 5.65. The van der Waals surface area contributed by atoms with Crippen LogP contribution in [0.5, 0.6) is 0 Å². The summed E-state index contributed by atoms with van der Waals surface area (Å²) in [7, 11) is 1.84. The Labute approximate surface area is 150 Å². The van der Waals surface area contributed by atoms with Crippen LogP contribution in [-0.4, -0.2) is 31.5 Å². The highest BCUT2D eigenvalue weighted by Crippen LogP contribution is 2.30. The van der Waals surface area contributed by atoms with Gasteiger partial charge < -0.3 is 14.3 Å². The van der Waals surface area contributed by atoms with E-state index in [1.54, 1.807) is 16.9 Å². The molecule has 1 fully saturated rings. The Balaban J connectivity index is 1.67. The van der Waals surface area contributed by atoms with E-state index in [2.05, 4.69) is 21.6 Å². The number of nitrogens with zero attached hydrogens (tertiary/aromatic N) is 4. The molecule has 0 aromatic carbocycles. The fourth-order valence-corrected chi connectivity index (χ4v) is 3.82. The minimum atomic E-state index is -0.719. The highest BCUT2D eigenvalue weighted by Gasteiger charge is 2.35. The Morgan fingerprint density at radius 1 is 1.44 bits per heavy atom. The van der Waals surface area contributed by atoms with Crippen LogP contribution in [0.25, 0.3) is 11.6 Å². The molecule has 3 rings (SSSR count). The molecule has 0 radical (unpaired) electrons. The van der Waals surface area contributed by atoms with Crippen LogP contribution in [0.1, 0.15) is 39.0 Å². The molecule has 0 unspecified atom stereocenters. The lowest BCUT2D eigenvalue weighted by atomic mass is 9.83. The summed E-state index contributed by atoms with van der Waals surface area (Å²) >= 11 is 1.32. The fourth-order valence-electron chi connectivity index (χ4n) is 3.01. The third-order valence-electron chi connectivity index (χ3n) is 4.51. The van der Waals surface area contributed by atoms with Crippen molar-refractivity contribution in [2.24, 2.45) is 7.05 Å². The summed E-state index contributed by atoms with van der Waals surface area (Å²) in [5.41, 5.74) is -0.719. The van der Waals surface area contributed by atoms with E-state index in [1.807, 2.05) is 20.0 Å². The lowest BCUT2D eigenvalue weighted by Gasteiger charge is -2.32. The van der Waals surface area contributed by atoms with E-state index in [1.165, 1.54) is 11.8 Å². The first-order valence-corrected chi connectivity index (χ1v) is 9.26. The van der Waals surface area contributed by atoms with Crippen LogP contribution in [0.3, 0.4) is 0 Å². The van der Waals surface area contributed by atoms with Gasteiger partial charge in [0.25, 0.3) is 0 Å². The van der Waals surface area contributed by atoms with Crippen molar-refractivity contribution in [3.8, 4) is 17.7 Å². The summed E-state index contributed by atoms with van der Waals surface area (Å²) in [5.74, 6) is 1.10. The van der Waals surface area contributed by atoms with Gasteiger partial charge in [-0.25, -0.2) is 0 Å². The number of nitriles is 1. The van der Waals surface area contributed by atoms with Gasteiger partial charge in [0.1, 0.15) is 5.54 Å². The van der Waals surface area contributed by atoms with Crippen LogP contribution in [0.15, 0.2) is 28.0 Å². The van der Waals surface area contributed by atoms with Gasteiger partial charge in [0, 0.05) is 7.05 Å². The van der Waals surface area contributed by atoms with Crippen LogP contribution < -0.4 is 5.32 Å². The molecule has 132 valence electrons. The zero-order valence-corrected chi connectivity index (χ0v) is 15.2. The molecule has 0 saturated heterocycles. The molecule has 7 nitrogen and oxygen atoms in total. The van der Waals surface area contributed by atoms with Gasteiger partial charge in [-0.3, -0.25) is 4.79 Å². The summed E-state index contributed by atoms with van der Waals surface area (Å²) < 4.78 is 7.15. The van der Waals surface area contributed by atoms with Gasteiger partial charge in [0.05, 0.1) is 17.6 Å². The van der Waals surface area contributed by atoms with Crippen molar-refractivity contribution >= 4 is 17.7 Å². The zero-order chi connectivity index (χ0) is 17.9. The normalized spacial score (nSPS) is 17.6. The van der Waals surface area contributed by atoms with E-state index in [9.17, 15) is 10.1 Å². The quantitative estimate of drug-likeness (QED) is 0.825. The molecule has 8 heteroatoms. The van der Waals surface area contributed by atoms with E-state index in [0.717, 1.165) is 32.1 Å². The van der Waals surface area contributed by atoms with Crippen molar-refractivity contribution in [1.29, 1.82) is 5.26 Å². The molecule has 0 bridgehead atoms. The molecule has 1 atom stereocenters. The van der Waals surface area contributed by atoms with E-state index >= 15 is 0 Å². The van der Waals surface area contributed by atoms with Crippen LogP contribution in [0.2, 0.25) is 0 Å². The summed E-state index contributed by atoms with van der Waals surface area (Å²) in [6.45, 7) is 1.81. The summed E-state index contributed by atoms with van der Waals surface area (Å²) in [6.07, 6.45) is 6.10. The average molecular weight is 359 g/mol. The Bertz CT molecular complexity index is 772. The molecule has 2 aromatic rings. The van der Waals surface area contributed by atoms with Crippen molar-refractivity contribution in [1.82, 2.24) is 20.1 Å². The molecule has 1 aliphatic carbocycles. The van der Waals surface area contributed by atoms with Crippen LogP contribution >= 0.6 is 11.8 Å². The maximum atomic E-state index is 12.6. The summed E-state index contributed by atoms with van der Waals surface area (Å²) in [6, 6.07) is 5.92. The van der Waals surface area contributed by atoms with Crippen molar-refractivity contribution in [3.05, 3.63) is 18.4 Å². The lowest BCUT2D eigenvalue weighted by Crippen LogP contribution is -2.50. The molecule has 2 heterocycles. The number of aromatic nitrogens is 3. The van der Waals surface area contributed by atoms with Gasteiger partial charge in [-0.1, -0.05) is 31.0 Å². The number of amides is 1. The molecule has 1 saturated carbocycles.